The highest BCUT2D eigenvalue weighted by Crippen LogP contribution is 2.33. The third-order valence-electron chi connectivity index (χ3n) is 7.37. The standard InChI is InChI=1S/C27H32N2O2/c30-25-10-6-8-22-17-20(11-12-23(22)25)18-26(31)27(19-29-15-4-1-5-16-29)24-9-3-2-7-21(24)13-14-28-27/h2-3,7,9,11-12,17,28H,1,4-6,8,10,13-16,18-19H2. The number of benzene rings is 2. The van der Waals surface area contributed by atoms with Gasteiger partial charge in [0.15, 0.2) is 11.6 Å². The Morgan fingerprint density at radius 2 is 1.77 bits per heavy atom. The van der Waals surface area contributed by atoms with Gasteiger partial charge in [-0.1, -0.05) is 48.9 Å². The summed E-state index contributed by atoms with van der Waals surface area (Å²) >= 11 is 0. The number of hydrogen-bond donors (Lipinski definition) is 1. The molecule has 0 amide bonds. The number of likely N-dealkylation sites (tertiary alicyclic amines) is 1. The summed E-state index contributed by atoms with van der Waals surface area (Å²) in [6.07, 6.45) is 7.57. The molecule has 4 heteroatoms. The van der Waals surface area contributed by atoms with Crippen molar-refractivity contribution in [2.75, 3.05) is 26.2 Å². The van der Waals surface area contributed by atoms with Crippen LogP contribution in [-0.4, -0.2) is 42.6 Å². The summed E-state index contributed by atoms with van der Waals surface area (Å²) in [7, 11) is 0. The molecule has 0 spiro atoms. The van der Waals surface area contributed by atoms with Gasteiger partial charge in [0.1, 0.15) is 5.54 Å². The lowest BCUT2D eigenvalue weighted by Crippen LogP contribution is -2.60. The Hall–Kier alpha value is -2.30. The van der Waals surface area contributed by atoms with Crippen molar-refractivity contribution in [3.8, 4) is 0 Å². The molecule has 2 aromatic carbocycles. The molecule has 162 valence electrons. The average molecular weight is 417 g/mol. The summed E-state index contributed by atoms with van der Waals surface area (Å²) in [5.41, 5.74) is 4.79. The van der Waals surface area contributed by atoms with Crippen molar-refractivity contribution >= 4 is 11.6 Å². The van der Waals surface area contributed by atoms with E-state index in [2.05, 4.69) is 40.5 Å². The van der Waals surface area contributed by atoms with Crippen molar-refractivity contribution in [1.29, 1.82) is 0 Å². The van der Waals surface area contributed by atoms with Crippen LogP contribution in [0.1, 0.15) is 64.7 Å². The lowest BCUT2D eigenvalue weighted by Gasteiger charge is -2.43. The number of nitrogens with one attached hydrogen (secondary N) is 1. The Labute approximate surface area is 185 Å². The molecule has 2 aromatic rings. The van der Waals surface area contributed by atoms with Crippen LogP contribution in [0.25, 0.3) is 0 Å². The lowest BCUT2D eigenvalue weighted by atomic mass is 9.76. The second-order valence-corrected chi connectivity index (χ2v) is 9.44. The zero-order valence-electron chi connectivity index (χ0n) is 18.3. The van der Waals surface area contributed by atoms with E-state index < -0.39 is 5.54 Å². The summed E-state index contributed by atoms with van der Waals surface area (Å²) < 4.78 is 0. The molecule has 4 nitrogen and oxygen atoms in total. The maximum Gasteiger partial charge on any atom is 0.163 e. The van der Waals surface area contributed by atoms with Crippen LogP contribution >= 0.6 is 0 Å². The first-order valence-electron chi connectivity index (χ1n) is 11.9. The molecule has 0 saturated carbocycles. The van der Waals surface area contributed by atoms with Gasteiger partial charge in [-0.25, -0.2) is 0 Å². The van der Waals surface area contributed by atoms with E-state index in [-0.39, 0.29) is 11.6 Å². The van der Waals surface area contributed by atoms with Gasteiger partial charge >= 0.3 is 0 Å². The van der Waals surface area contributed by atoms with E-state index >= 15 is 0 Å². The number of carbonyl (C=O) groups excluding carboxylic acids is 2. The molecule has 0 bridgehead atoms. The number of aryl methyl sites for hydroxylation is 1. The molecule has 5 rings (SSSR count). The number of ketones is 2. The largest absolute Gasteiger partial charge is 0.301 e. The van der Waals surface area contributed by atoms with Gasteiger partial charge in [-0.3, -0.25) is 14.9 Å². The zero-order valence-corrected chi connectivity index (χ0v) is 18.3. The van der Waals surface area contributed by atoms with Crippen molar-refractivity contribution in [3.05, 3.63) is 70.3 Å². The fraction of sp³-hybridized carbons (Fsp3) is 0.481. The van der Waals surface area contributed by atoms with Gasteiger partial charge in [0, 0.05) is 31.5 Å². The zero-order chi connectivity index (χ0) is 21.3. The van der Waals surface area contributed by atoms with Crippen LogP contribution in [0.4, 0.5) is 0 Å². The van der Waals surface area contributed by atoms with Crippen molar-refractivity contribution in [1.82, 2.24) is 10.2 Å². The van der Waals surface area contributed by atoms with Gasteiger partial charge in [0.25, 0.3) is 0 Å². The molecule has 0 radical (unpaired) electrons. The van der Waals surface area contributed by atoms with Gasteiger partial charge in [-0.15, -0.1) is 0 Å². The van der Waals surface area contributed by atoms with E-state index in [1.807, 2.05) is 12.1 Å². The number of nitrogens with zero attached hydrogens (tertiary/aromatic N) is 1. The van der Waals surface area contributed by atoms with Crippen molar-refractivity contribution in [3.63, 3.8) is 0 Å². The minimum atomic E-state index is -0.655. The van der Waals surface area contributed by atoms with E-state index in [4.69, 9.17) is 0 Å². The Kier molecular flexibility index (Phi) is 5.77. The number of fused-ring (bicyclic) bond motifs is 2. The highest BCUT2D eigenvalue weighted by Gasteiger charge is 2.44. The monoisotopic (exact) mass is 416 g/mol. The molecule has 1 saturated heterocycles. The molecule has 3 aliphatic rings. The van der Waals surface area contributed by atoms with Crippen molar-refractivity contribution < 1.29 is 9.59 Å². The maximum absolute atomic E-state index is 14.0. The molecular weight excluding hydrogens is 384 g/mol. The van der Waals surface area contributed by atoms with E-state index in [1.165, 1.54) is 24.8 Å². The van der Waals surface area contributed by atoms with Crippen LogP contribution in [0.2, 0.25) is 0 Å². The van der Waals surface area contributed by atoms with Crippen LogP contribution in [0.15, 0.2) is 42.5 Å². The van der Waals surface area contributed by atoms with Gasteiger partial charge < -0.3 is 4.90 Å². The third-order valence-corrected chi connectivity index (χ3v) is 7.37. The van der Waals surface area contributed by atoms with Crippen LogP contribution in [-0.2, 0) is 29.6 Å². The quantitative estimate of drug-likeness (QED) is 0.805. The Balaban J connectivity index is 1.47. The second kappa shape index (κ2) is 8.68. The summed E-state index contributed by atoms with van der Waals surface area (Å²) in [5.74, 6) is 0.482. The molecular formula is C27H32N2O2. The Bertz CT molecular complexity index is 992. The van der Waals surface area contributed by atoms with Gasteiger partial charge in [0.05, 0.1) is 0 Å². The van der Waals surface area contributed by atoms with Crippen molar-refractivity contribution in [2.45, 2.75) is 56.9 Å². The number of piperidine rings is 1. The van der Waals surface area contributed by atoms with Crippen molar-refractivity contribution in [2.24, 2.45) is 0 Å². The number of Topliss-reactive ketones (excluding diaryl/α,β-unsaturated/α-hetero) is 2. The molecule has 2 aliphatic heterocycles. The van der Waals surface area contributed by atoms with E-state index in [9.17, 15) is 9.59 Å². The van der Waals surface area contributed by atoms with E-state index in [0.29, 0.717) is 12.8 Å². The number of rotatable bonds is 5. The molecule has 31 heavy (non-hydrogen) atoms. The van der Waals surface area contributed by atoms with E-state index in [0.717, 1.165) is 67.7 Å². The summed E-state index contributed by atoms with van der Waals surface area (Å²) in [6.45, 7) is 3.71. The predicted molar refractivity (Wildman–Crippen MR) is 123 cm³/mol. The van der Waals surface area contributed by atoms with Gasteiger partial charge in [0.2, 0.25) is 0 Å². The summed E-state index contributed by atoms with van der Waals surface area (Å²) in [6, 6.07) is 14.5. The Morgan fingerprint density at radius 3 is 2.65 bits per heavy atom. The minimum absolute atomic E-state index is 0.239. The fourth-order valence-electron chi connectivity index (χ4n) is 5.74. The first-order chi connectivity index (χ1) is 15.2. The predicted octanol–water partition coefficient (Wildman–Crippen LogP) is 3.84. The summed E-state index contributed by atoms with van der Waals surface area (Å²) in [5, 5.41) is 3.68. The average Bonchev–Trinajstić information content (AvgIpc) is 2.80. The highest BCUT2D eigenvalue weighted by atomic mass is 16.1. The smallest absolute Gasteiger partial charge is 0.163 e. The lowest BCUT2D eigenvalue weighted by molar-refractivity contribution is -0.126. The fourth-order valence-corrected chi connectivity index (χ4v) is 5.74. The third kappa shape index (κ3) is 3.99. The number of hydrogen-bond acceptors (Lipinski definition) is 4. The summed E-state index contributed by atoms with van der Waals surface area (Å²) in [4.78, 5) is 28.7. The first-order valence-corrected chi connectivity index (χ1v) is 11.9. The maximum atomic E-state index is 14.0. The van der Waals surface area contributed by atoms with Crippen LogP contribution < -0.4 is 5.32 Å². The van der Waals surface area contributed by atoms with E-state index in [1.54, 1.807) is 0 Å². The molecule has 1 aliphatic carbocycles. The molecule has 2 heterocycles. The molecule has 1 fully saturated rings. The van der Waals surface area contributed by atoms with Crippen LogP contribution in [0, 0.1) is 0 Å². The first kappa shape index (κ1) is 20.6. The van der Waals surface area contributed by atoms with Crippen LogP contribution in [0.3, 0.4) is 0 Å². The molecule has 1 atom stereocenters. The molecule has 1 N–H and O–H groups in total. The second-order valence-electron chi connectivity index (χ2n) is 9.44. The molecule has 0 aromatic heterocycles. The minimum Gasteiger partial charge on any atom is -0.301 e. The topological polar surface area (TPSA) is 49.4 Å². The van der Waals surface area contributed by atoms with Gasteiger partial charge in [-0.05, 0) is 67.4 Å². The normalized spacial score (nSPS) is 23.8. The van der Waals surface area contributed by atoms with Crippen LogP contribution in [0.5, 0.6) is 0 Å². The SMILES string of the molecule is O=C1CCCc2cc(CC(=O)C3(CN4CCCCC4)NCCc4ccccc43)ccc21. The van der Waals surface area contributed by atoms with Gasteiger partial charge in [-0.2, -0.15) is 0 Å². The number of carbonyl (C=O) groups is 2. The highest BCUT2D eigenvalue weighted by molar-refractivity contribution is 5.99. The Morgan fingerprint density at radius 1 is 0.935 bits per heavy atom. The molecule has 1 unspecified atom stereocenters.